The SMILES string of the molecule is O=[N+]([O-])c1ccn(C(F)(F)F)n1. The molecular formula is C4H2F3N3O2. The largest absolute Gasteiger partial charge is 0.522 e. The van der Waals surface area contributed by atoms with E-state index in [4.69, 9.17) is 0 Å². The molecule has 0 atom stereocenters. The van der Waals surface area contributed by atoms with Crippen LogP contribution in [-0.4, -0.2) is 14.7 Å². The highest BCUT2D eigenvalue weighted by atomic mass is 19.4. The third-order valence-corrected chi connectivity index (χ3v) is 1.02. The van der Waals surface area contributed by atoms with Gasteiger partial charge in [0.25, 0.3) is 0 Å². The van der Waals surface area contributed by atoms with E-state index in [1.54, 1.807) is 0 Å². The summed E-state index contributed by atoms with van der Waals surface area (Å²) in [6.07, 6.45) is -4.22. The summed E-state index contributed by atoms with van der Waals surface area (Å²) in [7, 11) is 0. The van der Waals surface area contributed by atoms with Crippen molar-refractivity contribution in [3.8, 4) is 0 Å². The maximum absolute atomic E-state index is 11.7. The van der Waals surface area contributed by atoms with E-state index in [0.29, 0.717) is 12.3 Å². The van der Waals surface area contributed by atoms with Gasteiger partial charge in [-0.3, -0.25) is 0 Å². The lowest BCUT2D eigenvalue weighted by atomic mass is 10.7. The Morgan fingerprint density at radius 2 is 2.17 bits per heavy atom. The van der Waals surface area contributed by atoms with Crippen molar-refractivity contribution in [3.63, 3.8) is 0 Å². The lowest BCUT2D eigenvalue weighted by Gasteiger charge is -1.98. The Labute approximate surface area is 63.6 Å². The third kappa shape index (κ3) is 1.52. The normalized spacial score (nSPS) is 11.6. The molecule has 0 aliphatic rings. The van der Waals surface area contributed by atoms with Gasteiger partial charge in [-0.1, -0.05) is 4.68 Å². The van der Waals surface area contributed by atoms with Crippen LogP contribution in [0.1, 0.15) is 0 Å². The van der Waals surface area contributed by atoms with Gasteiger partial charge in [-0.2, -0.15) is 0 Å². The Bertz CT molecular complexity index is 305. The van der Waals surface area contributed by atoms with Crippen LogP contribution in [0.25, 0.3) is 0 Å². The average Bonchev–Trinajstić information content (AvgIpc) is 2.30. The number of halogens is 3. The standard InChI is InChI=1S/C4H2F3N3O2/c5-4(6,7)9-2-1-3(8-9)10(11)12/h1-2H. The van der Waals surface area contributed by atoms with Crippen LogP contribution in [0.15, 0.2) is 12.3 Å². The van der Waals surface area contributed by atoms with Gasteiger partial charge in [0.05, 0.1) is 17.4 Å². The topological polar surface area (TPSA) is 61.0 Å². The molecule has 0 unspecified atom stereocenters. The van der Waals surface area contributed by atoms with Crippen molar-refractivity contribution in [2.75, 3.05) is 0 Å². The quantitative estimate of drug-likeness (QED) is 0.484. The third-order valence-electron chi connectivity index (χ3n) is 1.02. The summed E-state index contributed by atoms with van der Waals surface area (Å²) in [5.41, 5.74) is 0. The number of nitrogens with zero attached hydrogens (tertiary/aromatic N) is 3. The van der Waals surface area contributed by atoms with E-state index in [2.05, 4.69) is 5.10 Å². The summed E-state index contributed by atoms with van der Waals surface area (Å²) < 4.78 is 34.8. The summed E-state index contributed by atoms with van der Waals surface area (Å²) >= 11 is 0. The molecule has 12 heavy (non-hydrogen) atoms. The van der Waals surface area contributed by atoms with Gasteiger partial charge < -0.3 is 10.1 Å². The number of nitro groups is 1. The summed E-state index contributed by atoms with van der Waals surface area (Å²) in [4.78, 5) is 8.91. The molecule has 0 amide bonds. The van der Waals surface area contributed by atoms with Crippen molar-refractivity contribution in [1.29, 1.82) is 0 Å². The number of alkyl halides is 3. The fourth-order valence-electron chi connectivity index (χ4n) is 0.553. The first-order valence-electron chi connectivity index (χ1n) is 2.68. The average molecular weight is 181 g/mol. The van der Waals surface area contributed by atoms with E-state index in [-0.39, 0.29) is 0 Å². The van der Waals surface area contributed by atoms with Gasteiger partial charge in [0.15, 0.2) is 0 Å². The highest BCUT2D eigenvalue weighted by Gasteiger charge is 2.36. The summed E-state index contributed by atoms with van der Waals surface area (Å²) in [6.45, 7) is 0. The number of hydrogen-bond donors (Lipinski definition) is 0. The summed E-state index contributed by atoms with van der Waals surface area (Å²) in [5, 5.41) is 12.6. The smallest absolute Gasteiger partial charge is 0.358 e. The minimum Gasteiger partial charge on any atom is -0.358 e. The Hall–Kier alpha value is -1.60. The predicted octanol–water partition coefficient (Wildman–Crippen LogP) is 1.27. The van der Waals surface area contributed by atoms with E-state index in [0.717, 1.165) is 0 Å². The van der Waals surface area contributed by atoms with E-state index in [1.165, 1.54) is 0 Å². The molecule has 0 saturated heterocycles. The van der Waals surface area contributed by atoms with Crippen LogP contribution in [-0.2, 0) is 6.30 Å². The van der Waals surface area contributed by atoms with Gasteiger partial charge in [-0.25, -0.2) is 0 Å². The van der Waals surface area contributed by atoms with Crippen LogP contribution in [0.2, 0.25) is 0 Å². The maximum atomic E-state index is 11.7. The van der Waals surface area contributed by atoms with Crippen LogP contribution in [0, 0.1) is 10.1 Å². The fraction of sp³-hybridized carbons (Fsp3) is 0.250. The molecule has 0 radical (unpaired) electrons. The van der Waals surface area contributed by atoms with Gasteiger partial charge in [-0.15, -0.1) is 13.2 Å². The molecule has 0 spiro atoms. The van der Waals surface area contributed by atoms with Crippen LogP contribution in [0.5, 0.6) is 0 Å². The maximum Gasteiger partial charge on any atom is 0.522 e. The monoisotopic (exact) mass is 181 g/mol. The first-order chi connectivity index (χ1) is 5.41. The Kier molecular flexibility index (Phi) is 1.75. The molecular weight excluding hydrogens is 179 g/mol. The van der Waals surface area contributed by atoms with Crippen molar-refractivity contribution in [1.82, 2.24) is 9.78 Å². The molecule has 1 aromatic heterocycles. The highest BCUT2D eigenvalue weighted by molar-refractivity contribution is 5.14. The zero-order chi connectivity index (χ0) is 9.35. The second kappa shape index (κ2) is 2.47. The second-order valence-corrected chi connectivity index (χ2v) is 1.84. The first-order valence-corrected chi connectivity index (χ1v) is 2.68. The van der Waals surface area contributed by atoms with E-state index < -0.39 is 21.7 Å². The predicted molar refractivity (Wildman–Crippen MR) is 30.2 cm³/mol. The first kappa shape index (κ1) is 8.50. The molecule has 0 fully saturated rings. The molecule has 0 saturated carbocycles. The molecule has 1 rings (SSSR count). The van der Waals surface area contributed by atoms with E-state index in [9.17, 15) is 23.3 Å². The molecule has 66 valence electrons. The van der Waals surface area contributed by atoms with Crippen molar-refractivity contribution in [3.05, 3.63) is 22.4 Å². The minimum absolute atomic E-state index is 0.425. The molecule has 0 aliphatic heterocycles. The molecule has 0 bridgehead atoms. The Morgan fingerprint density at radius 3 is 2.42 bits per heavy atom. The zero-order valence-corrected chi connectivity index (χ0v) is 5.45. The lowest BCUT2D eigenvalue weighted by Crippen LogP contribution is -2.17. The van der Waals surface area contributed by atoms with Crippen molar-refractivity contribution in [2.45, 2.75) is 6.30 Å². The van der Waals surface area contributed by atoms with E-state index in [1.807, 2.05) is 0 Å². The number of rotatable bonds is 1. The number of aromatic nitrogens is 2. The molecule has 5 nitrogen and oxygen atoms in total. The minimum atomic E-state index is -4.70. The van der Waals surface area contributed by atoms with Crippen LogP contribution in [0.4, 0.5) is 19.0 Å². The molecule has 0 N–H and O–H groups in total. The van der Waals surface area contributed by atoms with Gasteiger partial charge >= 0.3 is 12.1 Å². The van der Waals surface area contributed by atoms with Crippen LogP contribution in [0.3, 0.4) is 0 Å². The second-order valence-electron chi connectivity index (χ2n) is 1.84. The van der Waals surface area contributed by atoms with Crippen LogP contribution < -0.4 is 0 Å². The molecule has 0 aromatic carbocycles. The van der Waals surface area contributed by atoms with Gasteiger partial charge in [0.2, 0.25) is 0 Å². The van der Waals surface area contributed by atoms with Gasteiger partial charge in [0.1, 0.15) is 0 Å². The highest BCUT2D eigenvalue weighted by Crippen LogP contribution is 2.22. The van der Waals surface area contributed by atoms with Gasteiger partial charge in [0, 0.05) is 0 Å². The Morgan fingerprint density at radius 1 is 1.58 bits per heavy atom. The van der Waals surface area contributed by atoms with Crippen molar-refractivity contribution in [2.24, 2.45) is 0 Å². The van der Waals surface area contributed by atoms with Crippen LogP contribution >= 0.6 is 0 Å². The molecule has 0 aliphatic carbocycles. The number of hydrogen-bond acceptors (Lipinski definition) is 3. The van der Waals surface area contributed by atoms with Gasteiger partial charge in [-0.05, 0) is 4.92 Å². The van der Waals surface area contributed by atoms with Crippen molar-refractivity contribution >= 4 is 5.82 Å². The molecule has 1 aromatic rings. The van der Waals surface area contributed by atoms with E-state index >= 15 is 0 Å². The molecule has 1 heterocycles. The lowest BCUT2D eigenvalue weighted by molar-refractivity contribution is -0.390. The fourth-order valence-corrected chi connectivity index (χ4v) is 0.553. The summed E-state index contributed by atoms with van der Waals surface area (Å²) in [6, 6.07) is 0.674. The zero-order valence-electron chi connectivity index (χ0n) is 5.45. The Balaban J connectivity index is 3.00. The van der Waals surface area contributed by atoms with Crippen molar-refractivity contribution < 1.29 is 18.1 Å². The molecule has 8 heteroatoms. The summed E-state index contributed by atoms with van der Waals surface area (Å²) in [5.74, 6) is -0.827.